The van der Waals surface area contributed by atoms with Crippen molar-refractivity contribution in [2.24, 2.45) is 5.92 Å². The zero-order chi connectivity index (χ0) is 11.7. The maximum atomic E-state index is 11.8. The molecule has 1 amide bonds. The summed E-state index contributed by atoms with van der Waals surface area (Å²) in [5.41, 5.74) is 0. The van der Waals surface area contributed by atoms with Gasteiger partial charge in [-0.15, -0.1) is 0 Å². The Morgan fingerprint density at radius 1 is 1.40 bits per heavy atom. The molecule has 1 atom stereocenters. The van der Waals surface area contributed by atoms with E-state index in [2.05, 4.69) is 5.32 Å². The molecule has 0 spiro atoms. The molecule has 0 aromatic rings. The van der Waals surface area contributed by atoms with Crippen LogP contribution in [0.2, 0.25) is 0 Å². The number of sulfone groups is 1. The van der Waals surface area contributed by atoms with Crippen LogP contribution in [0, 0.1) is 5.92 Å². The van der Waals surface area contributed by atoms with Crippen molar-refractivity contribution in [2.45, 2.75) is 38.4 Å². The molecule has 0 aromatic carbocycles. The van der Waals surface area contributed by atoms with Crippen LogP contribution in [0.3, 0.4) is 0 Å². The van der Waals surface area contributed by atoms with E-state index in [9.17, 15) is 13.2 Å². The van der Waals surface area contributed by atoms with Gasteiger partial charge in [0.1, 0.15) is 0 Å². The molecular weight excluding hydrogens is 214 g/mol. The summed E-state index contributed by atoms with van der Waals surface area (Å²) < 4.78 is 22.8. The number of amides is 1. The van der Waals surface area contributed by atoms with E-state index in [0.29, 0.717) is 13.0 Å². The lowest BCUT2D eigenvalue weighted by atomic mass is 10.1. The fourth-order valence-electron chi connectivity index (χ4n) is 1.52. The molecule has 1 N–H and O–H groups in total. The Morgan fingerprint density at radius 3 is 2.40 bits per heavy atom. The minimum Gasteiger partial charge on any atom is -0.356 e. The van der Waals surface area contributed by atoms with Crippen molar-refractivity contribution in [3.8, 4) is 0 Å². The Hall–Kier alpha value is -0.580. The summed E-state index contributed by atoms with van der Waals surface area (Å²) in [6.45, 7) is 5.75. The average Bonchev–Trinajstić information content (AvgIpc) is 2.46. The molecule has 88 valence electrons. The largest absolute Gasteiger partial charge is 0.356 e. The van der Waals surface area contributed by atoms with Crippen LogP contribution in [-0.2, 0) is 14.6 Å². The molecule has 1 saturated heterocycles. The second kappa shape index (κ2) is 4.12. The summed E-state index contributed by atoms with van der Waals surface area (Å²) in [7, 11) is -3.09. The lowest BCUT2D eigenvalue weighted by Gasteiger charge is -2.19. The summed E-state index contributed by atoms with van der Waals surface area (Å²) in [6.07, 6.45) is 1.21. The molecule has 1 heterocycles. The first-order valence-corrected chi connectivity index (χ1v) is 6.89. The summed E-state index contributed by atoms with van der Waals surface area (Å²) in [4.78, 5) is 11.2. The van der Waals surface area contributed by atoms with E-state index in [1.807, 2.05) is 0 Å². The number of carbonyl (C=O) groups is 1. The summed E-state index contributed by atoms with van der Waals surface area (Å²) in [5, 5.41) is 2.71. The molecule has 5 heteroatoms. The van der Waals surface area contributed by atoms with Crippen molar-refractivity contribution in [1.82, 2.24) is 5.32 Å². The highest BCUT2D eigenvalue weighted by Gasteiger charge is 2.31. The van der Waals surface area contributed by atoms with Gasteiger partial charge < -0.3 is 5.32 Å². The van der Waals surface area contributed by atoms with Crippen LogP contribution in [0.25, 0.3) is 0 Å². The van der Waals surface area contributed by atoms with Gasteiger partial charge in [0, 0.05) is 12.5 Å². The Bertz CT molecular complexity index is 340. The van der Waals surface area contributed by atoms with Crippen LogP contribution in [0.15, 0.2) is 0 Å². The second-order valence-corrected chi connectivity index (χ2v) is 7.86. The van der Waals surface area contributed by atoms with Gasteiger partial charge in [-0.1, -0.05) is 0 Å². The molecule has 1 aliphatic rings. The van der Waals surface area contributed by atoms with Crippen LogP contribution in [-0.4, -0.2) is 31.4 Å². The standard InChI is InChI=1S/C10H19NO3S/c1-10(2,3)15(13,14)7-5-8-4-6-11-9(8)12/h8H,4-7H2,1-3H3,(H,11,12). The topological polar surface area (TPSA) is 63.2 Å². The summed E-state index contributed by atoms with van der Waals surface area (Å²) >= 11 is 0. The molecule has 1 unspecified atom stereocenters. The van der Waals surface area contributed by atoms with Crippen molar-refractivity contribution in [2.75, 3.05) is 12.3 Å². The van der Waals surface area contributed by atoms with Gasteiger partial charge in [-0.3, -0.25) is 4.79 Å². The zero-order valence-electron chi connectivity index (χ0n) is 9.54. The van der Waals surface area contributed by atoms with Crippen molar-refractivity contribution in [3.63, 3.8) is 0 Å². The van der Waals surface area contributed by atoms with Crippen LogP contribution in [0.4, 0.5) is 0 Å². The van der Waals surface area contributed by atoms with Gasteiger partial charge >= 0.3 is 0 Å². The minimum atomic E-state index is -3.09. The highest BCUT2D eigenvalue weighted by molar-refractivity contribution is 7.92. The van der Waals surface area contributed by atoms with Crippen LogP contribution < -0.4 is 5.32 Å². The Labute approximate surface area is 91.4 Å². The fraction of sp³-hybridized carbons (Fsp3) is 0.900. The second-order valence-electron chi connectivity index (χ2n) is 5.00. The molecule has 1 fully saturated rings. The van der Waals surface area contributed by atoms with Crippen LogP contribution in [0.1, 0.15) is 33.6 Å². The van der Waals surface area contributed by atoms with Gasteiger partial charge in [-0.2, -0.15) is 0 Å². The fourth-order valence-corrected chi connectivity index (χ4v) is 2.73. The summed E-state index contributed by atoms with van der Waals surface area (Å²) in [5.74, 6) is -0.00423. The van der Waals surface area contributed by atoms with Gasteiger partial charge in [0.15, 0.2) is 9.84 Å². The third-order valence-electron chi connectivity index (χ3n) is 2.83. The predicted molar refractivity (Wildman–Crippen MR) is 59.3 cm³/mol. The quantitative estimate of drug-likeness (QED) is 0.781. The van der Waals surface area contributed by atoms with Gasteiger partial charge in [-0.25, -0.2) is 8.42 Å². The molecule has 4 nitrogen and oxygen atoms in total. The smallest absolute Gasteiger partial charge is 0.223 e. The molecule has 0 aliphatic carbocycles. The van der Waals surface area contributed by atoms with Crippen LogP contribution >= 0.6 is 0 Å². The predicted octanol–water partition coefficient (Wildman–Crippen LogP) is 0.726. The number of nitrogens with one attached hydrogen (secondary N) is 1. The van der Waals surface area contributed by atoms with Crippen LogP contribution in [0.5, 0.6) is 0 Å². The Balaban J connectivity index is 2.54. The molecule has 1 aliphatic heterocycles. The van der Waals surface area contributed by atoms with Gasteiger partial charge in [-0.05, 0) is 33.6 Å². The highest BCUT2D eigenvalue weighted by Crippen LogP contribution is 2.21. The van der Waals surface area contributed by atoms with E-state index in [1.165, 1.54) is 0 Å². The molecule has 1 rings (SSSR count). The Morgan fingerprint density at radius 2 is 2.00 bits per heavy atom. The maximum Gasteiger partial charge on any atom is 0.223 e. The molecule has 0 aromatic heterocycles. The monoisotopic (exact) mass is 233 g/mol. The van der Waals surface area contributed by atoms with Crippen molar-refractivity contribution >= 4 is 15.7 Å². The van der Waals surface area contributed by atoms with E-state index in [0.717, 1.165) is 6.42 Å². The molecular formula is C10H19NO3S. The SMILES string of the molecule is CC(C)(C)S(=O)(=O)CCC1CCNC1=O. The lowest BCUT2D eigenvalue weighted by Crippen LogP contribution is -2.32. The molecule has 15 heavy (non-hydrogen) atoms. The highest BCUT2D eigenvalue weighted by atomic mass is 32.2. The number of hydrogen-bond acceptors (Lipinski definition) is 3. The first-order chi connectivity index (χ1) is 6.74. The third kappa shape index (κ3) is 2.93. The van der Waals surface area contributed by atoms with E-state index in [-0.39, 0.29) is 17.6 Å². The minimum absolute atomic E-state index is 0.000825. The molecule has 0 radical (unpaired) electrons. The van der Waals surface area contributed by atoms with E-state index in [1.54, 1.807) is 20.8 Å². The van der Waals surface area contributed by atoms with Crippen molar-refractivity contribution < 1.29 is 13.2 Å². The molecule has 0 bridgehead atoms. The van der Waals surface area contributed by atoms with E-state index < -0.39 is 14.6 Å². The first-order valence-electron chi connectivity index (χ1n) is 5.24. The van der Waals surface area contributed by atoms with Crippen molar-refractivity contribution in [1.29, 1.82) is 0 Å². The average molecular weight is 233 g/mol. The number of hydrogen-bond donors (Lipinski definition) is 1. The van der Waals surface area contributed by atoms with Gasteiger partial charge in [0.25, 0.3) is 0 Å². The normalized spacial score (nSPS) is 22.9. The summed E-state index contributed by atoms with van der Waals surface area (Å²) in [6, 6.07) is 0. The van der Waals surface area contributed by atoms with Gasteiger partial charge in [0.2, 0.25) is 5.91 Å². The number of carbonyl (C=O) groups excluding carboxylic acids is 1. The first kappa shape index (κ1) is 12.5. The zero-order valence-corrected chi connectivity index (χ0v) is 10.4. The van der Waals surface area contributed by atoms with Crippen molar-refractivity contribution in [3.05, 3.63) is 0 Å². The van der Waals surface area contributed by atoms with E-state index >= 15 is 0 Å². The number of rotatable bonds is 3. The molecule has 0 saturated carbocycles. The van der Waals surface area contributed by atoms with E-state index in [4.69, 9.17) is 0 Å². The third-order valence-corrected chi connectivity index (χ3v) is 5.47. The Kier molecular flexibility index (Phi) is 3.43. The van der Waals surface area contributed by atoms with Gasteiger partial charge in [0.05, 0.1) is 10.5 Å². The maximum absolute atomic E-state index is 11.8. The lowest BCUT2D eigenvalue weighted by molar-refractivity contribution is -0.122.